The van der Waals surface area contributed by atoms with Gasteiger partial charge in [-0.05, 0) is 106 Å². The van der Waals surface area contributed by atoms with E-state index < -0.39 is 192 Å². The van der Waals surface area contributed by atoms with Gasteiger partial charge in [0.15, 0.2) is 0 Å². The molecule has 0 aliphatic carbocycles. The Morgan fingerprint density at radius 2 is 0.962 bits per heavy atom. The first-order valence-corrected chi connectivity index (χ1v) is 16.6. The Bertz CT molecular complexity index is 4340. The summed E-state index contributed by atoms with van der Waals surface area (Å²) < 4.78 is 200. The van der Waals surface area contributed by atoms with Gasteiger partial charge < -0.3 is 4.42 Å². The van der Waals surface area contributed by atoms with Crippen LogP contribution in [0.1, 0.15) is 28.8 Å². The van der Waals surface area contributed by atoms with Crippen LogP contribution in [0.4, 0.5) is 0 Å². The molecule has 0 aliphatic heterocycles. The quantitative estimate of drug-likeness (QED) is 0.167. The van der Waals surface area contributed by atoms with Gasteiger partial charge >= 0.3 is 0 Å². The van der Waals surface area contributed by atoms with E-state index in [2.05, 4.69) is 0 Å². The summed E-state index contributed by atoms with van der Waals surface area (Å²) >= 11 is 0. The van der Waals surface area contributed by atoms with Crippen molar-refractivity contribution in [3.63, 3.8) is 0 Å². The van der Waals surface area contributed by atoms with Gasteiger partial charge in [-0.1, -0.05) is 175 Å². The molecular formula is C52H32O. The molecule has 0 radical (unpaired) electrons. The van der Waals surface area contributed by atoms with Crippen molar-refractivity contribution >= 4 is 65.0 Å². The number of rotatable bonds is 4. The predicted octanol–water partition coefficient (Wildman–Crippen LogP) is 14.9. The Morgan fingerprint density at radius 1 is 0.340 bits per heavy atom. The van der Waals surface area contributed by atoms with Crippen molar-refractivity contribution < 1.29 is 33.2 Å². The molecule has 0 fully saturated rings. The summed E-state index contributed by atoms with van der Waals surface area (Å²) in [6.45, 7) is 0. The molecule has 11 aromatic rings. The summed E-state index contributed by atoms with van der Waals surface area (Å²) in [6, 6.07) is 2.09. The Kier molecular flexibility index (Phi) is 3.50. The summed E-state index contributed by atoms with van der Waals surface area (Å²) in [5.41, 5.74) is 0.132. The van der Waals surface area contributed by atoms with Crippen LogP contribution in [0.3, 0.4) is 0 Å². The summed E-state index contributed by atoms with van der Waals surface area (Å²) in [4.78, 5) is 0. The van der Waals surface area contributed by atoms with Gasteiger partial charge in [-0.15, -0.1) is 0 Å². The first-order chi connectivity index (χ1) is 35.0. The average molecular weight is 694 g/mol. The van der Waals surface area contributed by atoms with Crippen LogP contribution < -0.4 is 0 Å². The van der Waals surface area contributed by atoms with Crippen molar-refractivity contribution in [2.75, 3.05) is 0 Å². The van der Waals surface area contributed by atoms with Gasteiger partial charge in [0.1, 0.15) is 11.2 Å². The molecular weight excluding hydrogens is 641 g/mol. The highest BCUT2D eigenvalue weighted by Crippen LogP contribution is 2.50. The van der Waals surface area contributed by atoms with Crippen molar-refractivity contribution in [1.82, 2.24) is 0 Å². The molecule has 0 aliphatic rings. The molecule has 11 rings (SSSR count). The zero-order valence-electron chi connectivity index (χ0n) is 48.3. The molecule has 0 spiro atoms. The molecule has 1 heterocycles. The maximum atomic E-state index is 9.89. The summed E-state index contributed by atoms with van der Waals surface area (Å²) in [7, 11) is 0. The number of fused-ring (bicyclic) bond motifs is 7. The fourth-order valence-electron chi connectivity index (χ4n) is 7.34. The molecule has 1 aromatic heterocycles. The van der Waals surface area contributed by atoms with Gasteiger partial charge in [0.05, 0.1) is 28.8 Å². The smallest absolute Gasteiger partial charge is 0.136 e. The highest BCUT2D eigenvalue weighted by Gasteiger charge is 2.22. The van der Waals surface area contributed by atoms with E-state index in [9.17, 15) is 13.7 Å². The molecule has 1 heteroatoms. The van der Waals surface area contributed by atoms with E-state index in [0.717, 1.165) is 11.1 Å². The van der Waals surface area contributed by atoms with Gasteiger partial charge in [0, 0.05) is 10.8 Å². The minimum Gasteiger partial charge on any atom is -0.456 e. The monoisotopic (exact) mass is 693 g/mol. The Labute approximate surface area is 336 Å². The first-order valence-electron chi connectivity index (χ1n) is 27.1. The average Bonchev–Trinajstić information content (AvgIpc) is 3.78. The molecule has 0 atom stereocenters. The lowest BCUT2D eigenvalue weighted by Crippen LogP contribution is -1.94. The zero-order chi connectivity index (χ0) is 53.2. The van der Waals surface area contributed by atoms with Crippen LogP contribution >= 0.6 is 0 Å². The molecule has 0 bridgehead atoms. The molecule has 246 valence electrons. The normalized spacial score (nSPS) is 17.3. The van der Waals surface area contributed by atoms with E-state index in [1.54, 1.807) is 18.2 Å². The lowest BCUT2D eigenvalue weighted by atomic mass is 9.81. The third-order valence-electron chi connectivity index (χ3n) is 9.56. The van der Waals surface area contributed by atoms with E-state index in [4.69, 9.17) is 19.5 Å². The number of hydrogen-bond donors (Lipinski definition) is 0. The van der Waals surface area contributed by atoms with Crippen LogP contribution in [0.5, 0.6) is 0 Å². The molecule has 10 aromatic carbocycles. The van der Waals surface area contributed by atoms with Crippen molar-refractivity contribution in [1.29, 1.82) is 0 Å². The van der Waals surface area contributed by atoms with Gasteiger partial charge in [0.25, 0.3) is 0 Å². The number of furan rings is 1. The second-order valence-electron chi connectivity index (χ2n) is 12.4. The number of hydrogen-bond acceptors (Lipinski definition) is 1. The van der Waals surface area contributed by atoms with Crippen molar-refractivity contribution in [3.05, 3.63) is 194 Å². The van der Waals surface area contributed by atoms with E-state index in [-0.39, 0.29) is 11.1 Å². The molecule has 0 N–H and O–H groups in total. The fourth-order valence-corrected chi connectivity index (χ4v) is 7.34. The Balaban J connectivity index is 1.47. The van der Waals surface area contributed by atoms with E-state index >= 15 is 0 Å². The maximum Gasteiger partial charge on any atom is 0.136 e. The zero-order valence-corrected chi connectivity index (χ0v) is 27.3. The lowest BCUT2D eigenvalue weighted by Gasteiger charge is -2.22. The van der Waals surface area contributed by atoms with Crippen LogP contribution in [0.2, 0.25) is 0 Å². The van der Waals surface area contributed by atoms with E-state index in [0.29, 0.717) is 21.9 Å². The topological polar surface area (TPSA) is 13.1 Å². The summed E-state index contributed by atoms with van der Waals surface area (Å²) in [5.74, 6) is 0. The van der Waals surface area contributed by atoms with Gasteiger partial charge in [-0.3, -0.25) is 0 Å². The standard InChI is InChI=1S/C52H32O/c1-2-14-34(15-3-1)38-25-13-27-48-50(38)46-32-36(29-31-47(46)53-48)40-30-28-35-17-5-7-20-39(35)51(40)52-44-23-10-8-21-42(44)49(43-22-9-11-24-45(43)52)41-26-12-18-33-16-4-6-19-37(33)41/h1-32H/i4D,5D,6D,7D,8D,9D,10D,11D,12D,16D,17D,18D,19D,20D,21D,22D,23D,24D,26D,28D,30D. The van der Waals surface area contributed by atoms with Gasteiger partial charge in [-0.25, -0.2) is 0 Å². The number of benzene rings is 10. The predicted molar refractivity (Wildman–Crippen MR) is 225 cm³/mol. The second-order valence-corrected chi connectivity index (χ2v) is 12.4. The Morgan fingerprint density at radius 3 is 1.70 bits per heavy atom. The SMILES string of the molecule is [2H]c1c([2H])c([2H])c2c(-c3c4c([2H])c([2H])c([2H])c([2H])c4c(-c4c(-c5ccc6oc7cccc(-c8ccccc8)c7c6c5)c([2H])c([2H])c5c([2H])c([2H])c([2H])c([2H])c45)c4c([2H])c([2H])c([2H])c([2H])c34)c([2H])c([2H])c([2H])c2c1[2H]. The molecule has 0 unspecified atom stereocenters. The summed E-state index contributed by atoms with van der Waals surface area (Å²) in [5, 5.41) is -3.35. The molecule has 0 amide bonds. The van der Waals surface area contributed by atoms with Crippen LogP contribution in [0.15, 0.2) is 198 Å². The maximum absolute atomic E-state index is 9.89. The van der Waals surface area contributed by atoms with Crippen LogP contribution in [-0.4, -0.2) is 0 Å². The highest BCUT2D eigenvalue weighted by molar-refractivity contribution is 6.27. The van der Waals surface area contributed by atoms with Crippen LogP contribution in [-0.2, 0) is 0 Å². The van der Waals surface area contributed by atoms with Crippen molar-refractivity contribution in [3.8, 4) is 44.5 Å². The molecule has 0 saturated carbocycles. The van der Waals surface area contributed by atoms with E-state index in [1.165, 1.54) is 6.07 Å². The lowest BCUT2D eigenvalue weighted by molar-refractivity contribution is 0.669. The molecule has 1 nitrogen and oxygen atoms in total. The van der Waals surface area contributed by atoms with Gasteiger partial charge in [-0.2, -0.15) is 0 Å². The minimum atomic E-state index is -0.906. The summed E-state index contributed by atoms with van der Waals surface area (Å²) in [6.07, 6.45) is 0. The second kappa shape index (κ2) is 11.8. The molecule has 53 heavy (non-hydrogen) atoms. The molecule has 0 saturated heterocycles. The van der Waals surface area contributed by atoms with Gasteiger partial charge in [0.2, 0.25) is 0 Å². The fraction of sp³-hybridized carbons (Fsp3) is 0. The van der Waals surface area contributed by atoms with E-state index in [1.807, 2.05) is 42.5 Å². The highest BCUT2D eigenvalue weighted by atomic mass is 16.3. The van der Waals surface area contributed by atoms with Crippen LogP contribution in [0, 0.1) is 0 Å². The first kappa shape index (κ1) is 15.7. The van der Waals surface area contributed by atoms with Crippen molar-refractivity contribution in [2.24, 2.45) is 0 Å². The van der Waals surface area contributed by atoms with Crippen LogP contribution in [0.25, 0.3) is 110 Å². The largest absolute Gasteiger partial charge is 0.456 e. The third-order valence-corrected chi connectivity index (χ3v) is 9.56. The van der Waals surface area contributed by atoms with Crippen molar-refractivity contribution in [2.45, 2.75) is 0 Å². The Hall–Kier alpha value is -6.96. The third kappa shape index (κ3) is 4.58. The minimum absolute atomic E-state index is 0.109.